The zero-order valence-electron chi connectivity index (χ0n) is 16.1. The largest absolute Gasteiger partial charge is 0.478 e. The van der Waals surface area contributed by atoms with Gasteiger partial charge in [0.25, 0.3) is 5.69 Å². The van der Waals surface area contributed by atoms with E-state index in [2.05, 4.69) is 5.32 Å². The van der Waals surface area contributed by atoms with Crippen molar-refractivity contribution in [1.29, 1.82) is 0 Å². The standard InChI is InChI=1S/C18H23N3O6S/c1-5-20(6-2)28(26,27)17-12(4)19-11(3)15(18(22)23)16(17)13-8-7-9-14(10-13)21(24)25/h7-10,16,19H,5-6H2,1-4H3,(H,22,23). The van der Waals surface area contributed by atoms with Crippen LogP contribution < -0.4 is 5.32 Å². The van der Waals surface area contributed by atoms with Crippen molar-refractivity contribution in [2.24, 2.45) is 0 Å². The van der Waals surface area contributed by atoms with Gasteiger partial charge in [-0.15, -0.1) is 0 Å². The van der Waals surface area contributed by atoms with Gasteiger partial charge in [0.2, 0.25) is 10.0 Å². The number of carbonyl (C=O) groups is 1. The Balaban J connectivity index is 2.82. The van der Waals surface area contributed by atoms with E-state index in [-0.39, 0.29) is 34.8 Å². The number of non-ortho nitro benzene ring substituents is 1. The van der Waals surface area contributed by atoms with E-state index >= 15 is 0 Å². The number of hydrogen-bond donors (Lipinski definition) is 2. The summed E-state index contributed by atoms with van der Waals surface area (Å²) in [7, 11) is -4.01. The Kier molecular flexibility index (Phi) is 6.25. The first-order valence-corrected chi connectivity index (χ1v) is 10.2. The molecule has 0 fully saturated rings. The number of hydrogen-bond acceptors (Lipinski definition) is 6. The van der Waals surface area contributed by atoms with Crippen LogP contribution in [0.25, 0.3) is 0 Å². The number of rotatable bonds is 7. The second-order valence-corrected chi connectivity index (χ2v) is 8.24. The number of carboxylic acids is 1. The van der Waals surface area contributed by atoms with E-state index in [1.807, 2.05) is 0 Å². The lowest BCUT2D eigenvalue weighted by Crippen LogP contribution is -2.38. The SMILES string of the molecule is CCN(CC)S(=O)(=O)C1=C(C)NC(C)=C(C(=O)O)C1c1cccc([N+](=O)[O-])c1. The average molecular weight is 409 g/mol. The fourth-order valence-electron chi connectivity index (χ4n) is 3.44. The van der Waals surface area contributed by atoms with Gasteiger partial charge in [-0.1, -0.05) is 26.0 Å². The molecular formula is C18H23N3O6S. The van der Waals surface area contributed by atoms with Crippen molar-refractivity contribution in [1.82, 2.24) is 9.62 Å². The lowest BCUT2D eigenvalue weighted by Gasteiger charge is -2.32. The molecule has 152 valence electrons. The molecule has 1 aliphatic heterocycles. The molecule has 0 radical (unpaired) electrons. The van der Waals surface area contributed by atoms with Gasteiger partial charge in [0, 0.05) is 36.6 Å². The Morgan fingerprint density at radius 2 is 1.86 bits per heavy atom. The molecule has 1 aromatic rings. The van der Waals surface area contributed by atoms with E-state index in [1.165, 1.54) is 35.5 Å². The summed E-state index contributed by atoms with van der Waals surface area (Å²) in [5, 5.41) is 23.8. The monoisotopic (exact) mass is 409 g/mol. The smallest absolute Gasteiger partial charge is 0.334 e. The number of nitrogens with one attached hydrogen (secondary N) is 1. The Morgan fingerprint density at radius 1 is 1.25 bits per heavy atom. The molecule has 0 saturated carbocycles. The van der Waals surface area contributed by atoms with Crippen molar-refractivity contribution < 1.29 is 23.2 Å². The Hall–Kier alpha value is -2.72. The predicted octanol–water partition coefficient (Wildman–Crippen LogP) is 2.54. The third kappa shape index (κ3) is 3.78. The van der Waals surface area contributed by atoms with E-state index < -0.39 is 26.8 Å². The van der Waals surface area contributed by atoms with Crippen LogP contribution in [-0.4, -0.2) is 41.8 Å². The third-order valence-electron chi connectivity index (χ3n) is 4.67. The van der Waals surface area contributed by atoms with Crippen molar-refractivity contribution in [3.8, 4) is 0 Å². The zero-order chi connectivity index (χ0) is 21.2. The van der Waals surface area contributed by atoms with Gasteiger partial charge < -0.3 is 10.4 Å². The number of nitro benzene ring substituents is 1. The first kappa shape index (κ1) is 21.6. The van der Waals surface area contributed by atoms with Crippen LogP contribution in [0.5, 0.6) is 0 Å². The van der Waals surface area contributed by atoms with Crippen LogP contribution in [0.2, 0.25) is 0 Å². The second kappa shape index (κ2) is 8.11. The fourth-order valence-corrected chi connectivity index (χ4v) is 5.39. The highest BCUT2D eigenvalue weighted by molar-refractivity contribution is 7.93. The van der Waals surface area contributed by atoms with Crippen LogP contribution >= 0.6 is 0 Å². The van der Waals surface area contributed by atoms with Gasteiger partial charge in [-0.2, -0.15) is 4.31 Å². The number of aliphatic carboxylic acids is 1. The van der Waals surface area contributed by atoms with Gasteiger partial charge in [-0.25, -0.2) is 13.2 Å². The minimum atomic E-state index is -4.01. The molecule has 1 unspecified atom stereocenters. The zero-order valence-corrected chi connectivity index (χ0v) is 16.9. The number of carboxylic acid groups (broad SMARTS) is 1. The van der Waals surface area contributed by atoms with Gasteiger partial charge in [-0.3, -0.25) is 10.1 Å². The highest BCUT2D eigenvalue weighted by Crippen LogP contribution is 2.42. The number of nitrogens with zero attached hydrogens (tertiary/aromatic N) is 2. The minimum Gasteiger partial charge on any atom is -0.478 e. The molecule has 0 amide bonds. The summed E-state index contributed by atoms with van der Waals surface area (Å²) in [4.78, 5) is 22.5. The van der Waals surface area contributed by atoms with Crippen molar-refractivity contribution in [2.75, 3.05) is 13.1 Å². The minimum absolute atomic E-state index is 0.111. The summed E-state index contributed by atoms with van der Waals surface area (Å²) in [5.74, 6) is -2.45. The van der Waals surface area contributed by atoms with Crippen molar-refractivity contribution in [3.05, 3.63) is 61.8 Å². The summed E-state index contributed by atoms with van der Waals surface area (Å²) in [6.07, 6.45) is 0. The molecule has 1 aliphatic rings. The summed E-state index contributed by atoms with van der Waals surface area (Å²) in [6.45, 7) is 6.90. The maximum Gasteiger partial charge on any atom is 0.334 e. The summed E-state index contributed by atoms with van der Waals surface area (Å²) in [5.41, 5.74) is 0.427. The molecule has 0 saturated heterocycles. The third-order valence-corrected chi connectivity index (χ3v) is 6.96. The van der Waals surface area contributed by atoms with E-state index in [0.717, 1.165) is 0 Å². The van der Waals surface area contributed by atoms with Crippen LogP contribution in [0.1, 0.15) is 39.2 Å². The molecule has 1 atom stereocenters. The number of sulfonamides is 1. The summed E-state index contributed by atoms with van der Waals surface area (Å²) in [6, 6.07) is 5.42. The highest BCUT2D eigenvalue weighted by atomic mass is 32.2. The number of benzene rings is 1. The Labute approximate surface area is 163 Å². The Bertz CT molecular complexity index is 977. The maximum atomic E-state index is 13.3. The van der Waals surface area contributed by atoms with E-state index in [1.54, 1.807) is 20.8 Å². The molecule has 0 aromatic heterocycles. The first-order chi connectivity index (χ1) is 13.1. The van der Waals surface area contributed by atoms with Crippen molar-refractivity contribution in [2.45, 2.75) is 33.6 Å². The molecule has 10 heteroatoms. The maximum absolute atomic E-state index is 13.3. The van der Waals surface area contributed by atoms with Gasteiger partial charge in [0.1, 0.15) is 0 Å². The number of dihydropyridines is 1. The number of allylic oxidation sites excluding steroid dienone is 3. The highest BCUT2D eigenvalue weighted by Gasteiger charge is 2.41. The molecule has 1 aromatic carbocycles. The van der Waals surface area contributed by atoms with Crippen LogP contribution in [-0.2, 0) is 14.8 Å². The van der Waals surface area contributed by atoms with Gasteiger partial charge in [-0.05, 0) is 19.4 Å². The molecular weight excluding hydrogens is 386 g/mol. The van der Waals surface area contributed by atoms with Crippen LogP contribution in [0.4, 0.5) is 5.69 Å². The van der Waals surface area contributed by atoms with Crippen LogP contribution in [0.15, 0.2) is 46.1 Å². The molecule has 0 aliphatic carbocycles. The fraction of sp³-hybridized carbons (Fsp3) is 0.389. The molecule has 0 spiro atoms. The second-order valence-electron chi connectivity index (χ2n) is 6.33. The van der Waals surface area contributed by atoms with Crippen LogP contribution in [0.3, 0.4) is 0 Å². The van der Waals surface area contributed by atoms with E-state index in [9.17, 15) is 28.4 Å². The van der Waals surface area contributed by atoms with E-state index in [0.29, 0.717) is 11.4 Å². The van der Waals surface area contributed by atoms with Crippen molar-refractivity contribution >= 4 is 21.7 Å². The normalized spacial score (nSPS) is 17.7. The molecule has 1 heterocycles. The number of nitro groups is 1. The topological polar surface area (TPSA) is 130 Å². The summed E-state index contributed by atoms with van der Waals surface area (Å²) < 4.78 is 27.9. The van der Waals surface area contributed by atoms with Crippen LogP contribution in [0, 0.1) is 10.1 Å². The van der Waals surface area contributed by atoms with E-state index in [4.69, 9.17) is 0 Å². The Morgan fingerprint density at radius 3 is 2.36 bits per heavy atom. The average Bonchev–Trinajstić information content (AvgIpc) is 2.61. The predicted molar refractivity (Wildman–Crippen MR) is 104 cm³/mol. The first-order valence-electron chi connectivity index (χ1n) is 8.72. The molecule has 9 nitrogen and oxygen atoms in total. The van der Waals surface area contributed by atoms with Crippen molar-refractivity contribution in [3.63, 3.8) is 0 Å². The van der Waals surface area contributed by atoms with Gasteiger partial charge >= 0.3 is 5.97 Å². The molecule has 2 rings (SSSR count). The quantitative estimate of drug-likeness (QED) is 0.523. The summed E-state index contributed by atoms with van der Waals surface area (Å²) >= 11 is 0. The van der Waals surface area contributed by atoms with Gasteiger partial charge in [0.05, 0.1) is 21.3 Å². The van der Waals surface area contributed by atoms with Gasteiger partial charge in [0.15, 0.2) is 0 Å². The molecule has 2 N–H and O–H groups in total. The lowest BCUT2D eigenvalue weighted by molar-refractivity contribution is -0.384. The molecule has 0 bridgehead atoms. The lowest BCUT2D eigenvalue weighted by atomic mass is 9.86. The molecule has 28 heavy (non-hydrogen) atoms.